The Hall–Kier alpha value is -3.64. The van der Waals surface area contributed by atoms with Crippen LogP contribution in [0.1, 0.15) is 11.1 Å². The first-order valence-corrected chi connectivity index (χ1v) is 11.7. The van der Waals surface area contributed by atoms with Crippen molar-refractivity contribution >= 4 is 33.4 Å². The van der Waals surface area contributed by atoms with Gasteiger partial charge in [-0.3, -0.25) is 9.36 Å². The second-order valence-electron chi connectivity index (χ2n) is 7.69. The van der Waals surface area contributed by atoms with E-state index in [4.69, 9.17) is 9.72 Å². The summed E-state index contributed by atoms with van der Waals surface area (Å²) in [5, 5.41) is 2.87. The van der Waals surface area contributed by atoms with E-state index >= 15 is 0 Å². The molecule has 0 fully saturated rings. The molecule has 0 bridgehead atoms. The molecular weight excluding hydrogens is 435 g/mol. The number of methoxy groups -OCH3 is 1. The van der Waals surface area contributed by atoms with Gasteiger partial charge in [0.05, 0.1) is 23.7 Å². The van der Waals surface area contributed by atoms with Crippen LogP contribution in [0.3, 0.4) is 0 Å². The highest BCUT2D eigenvalue weighted by Gasteiger charge is 2.18. The molecule has 1 heterocycles. The maximum absolute atomic E-state index is 14.6. The number of rotatable bonds is 5. The van der Waals surface area contributed by atoms with Crippen LogP contribution in [-0.4, -0.2) is 22.9 Å². The average Bonchev–Trinajstić information content (AvgIpc) is 2.85. The summed E-state index contributed by atoms with van der Waals surface area (Å²) in [5.74, 6) is 0.332. The van der Waals surface area contributed by atoms with E-state index in [0.717, 1.165) is 27.6 Å². The number of benzene rings is 4. The van der Waals surface area contributed by atoms with Crippen LogP contribution in [0.15, 0.2) is 88.8 Å². The molecule has 0 unspecified atom stereocenters. The number of hydrogen-bond donors (Lipinski definition) is 0. The molecule has 0 radical (unpaired) electrons. The Morgan fingerprint density at radius 1 is 0.939 bits per heavy atom. The predicted octanol–water partition coefficient (Wildman–Crippen LogP) is 6.00. The van der Waals surface area contributed by atoms with Crippen LogP contribution in [0.5, 0.6) is 5.75 Å². The Balaban J connectivity index is 1.79. The number of hydrogen-bond acceptors (Lipinski definition) is 4. The van der Waals surface area contributed by atoms with Crippen molar-refractivity contribution < 1.29 is 9.13 Å². The predicted molar refractivity (Wildman–Crippen MR) is 132 cm³/mol. The first-order valence-electron chi connectivity index (χ1n) is 10.5. The lowest BCUT2D eigenvalue weighted by molar-refractivity contribution is 0.414. The minimum absolute atomic E-state index is 0.200. The highest BCUT2D eigenvalue weighted by Crippen LogP contribution is 2.30. The number of fused-ring (bicyclic) bond motifs is 3. The van der Waals surface area contributed by atoms with Crippen LogP contribution < -0.4 is 10.3 Å². The Labute approximate surface area is 194 Å². The molecule has 0 saturated heterocycles. The van der Waals surface area contributed by atoms with Crippen molar-refractivity contribution in [3.63, 3.8) is 0 Å². The van der Waals surface area contributed by atoms with Gasteiger partial charge in [0.25, 0.3) is 5.56 Å². The maximum atomic E-state index is 14.6. The van der Waals surface area contributed by atoms with Gasteiger partial charge in [-0.25, -0.2) is 9.37 Å². The van der Waals surface area contributed by atoms with E-state index in [1.165, 1.54) is 22.4 Å². The van der Waals surface area contributed by atoms with Gasteiger partial charge in [-0.1, -0.05) is 60.3 Å². The zero-order chi connectivity index (χ0) is 22.9. The fourth-order valence-electron chi connectivity index (χ4n) is 4.16. The smallest absolute Gasteiger partial charge is 0.266 e. The average molecular weight is 457 g/mol. The van der Waals surface area contributed by atoms with E-state index in [9.17, 15) is 9.18 Å². The van der Waals surface area contributed by atoms with Crippen LogP contribution in [0.25, 0.3) is 27.4 Å². The largest absolute Gasteiger partial charge is 0.497 e. The molecule has 0 aliphatic heterocycles. The monoisotopic (exact) mass is 456 g/mol. The van der Waals surface area contributed by atoms with Crippen molar-refractivity contribution in [2.24, 2.45) is 0 Å². The molecule has 33 heavy (non-hydrogen) atoms. The normalized spacial score (nSPS) is 11.2. The van der Waals surface area contributed by atoms with Gasteiger partial charge in [0.1, 0.15) is 11.6 Å². The molecule has 6 heteroatoms. The summed E-state index contributed by atoms with van der Waals surface area (Å²) in [6, 6.07) is 24.0. The van der Waals surface area contributed by atoms with E-state index in [1.807, 2.05) is 54.8 Å². The van der Waals surface area contributed by atoms with Crippen molar-refractivity contribution in [1.29, 1.82) is 0 Å². The number of ether oxygens (including phenoxy) is 1. The van der Waals surface area contributed by atoms with Crippen LogP contribution in [-0.2, 0) is 6.42 Å². The third-order valence-electron chi connectivity index (χ3n) is 5.76. The summed E-state index contributed by atoms with van der Waals surface area (Å²) in [6.07, 6.45) is 2.48. The van der Waals surface area contributed by atoms with Crippen molar-refractivity contribution in [3.8, 4) is 11.4 Å². The van der Waals surface area contributed by atoms with Crippen molar-refractivity contribution in [1.82, 2.24) is 9.55 Å². The summed E-state index contributed by atoms with van der Waals surface area (Å²) in [5.41, 5.74) is 2.66. The third-order valence-corrected chi connectivity index (χ3v) is 6.40. The summed E-state index contributed by atoms with van der Waals surface area (Å²) in [4.78, 5) is 18.5. The van der Waals surface area contributed by atoms with Gasteiger partial charge in [0.2, 0.25) is 0 Å². The molecule has 0 aliphatic carbocycles. The lowest BCUT2D eigenvalue weighted by Crippen LogP contribution is -2.23. The standard InChI is InChI=1S/C27H21FN2O2S/c1-32-19-13-11-17(12-14-19)15-18-16-22-25(21-8-4-3-7-20(18)21)29-27(33-2)30(26(22)31)24-10-6-5-9-23(24)28/h3-14,16H,15H2,1-2H3. The lowest BCUT2D eigenvalue weighted by atomic mass is 9.96. The minimum atomic E-state index is -0.463. The Bertz CT molecular complexity index is 1540. The van der Waals surface area contributed by atoms with Crippen LogP contribution in [0.2, 0.25) is 0 Å². The number of para-hydroxylation sites is 1. The Morgan fingerprint density at radius 2 is 1.64 bits per heavy atom. The summed E-state index contributed by atoms with van der Waals surface area (Å²) in [7, 11) is 1.64. The van der Waals surface area contributed by atoms with Gasteiger partial charge >= 0.3 is 0 Å². The number of halogens is 1. The third kappa shape index (κ3) is 3.76. The molecule has 5 aromatic rings. The highest BCUT2D eigenvalue weighted by molar-refractivity contribution is 7.98. The molecule has 4 aromatic carbocycles. The van der Waals surface area contributed by atoms with Crippen LogP contribution >= 0.6 is 11.8 Å². The van der Waals surface area contributed by atoms with E-state index in [0.29, 0.717) is 22.5 Å². The zero-order valence-corrected chi connectivity index (χ0v) is 19.0. The molecule has 0 N–H and O–H groups in total. The van der Waals surface area contributed by atoms with E-state index < -0.39 is 5.82 Å². The topological polar surface area (TPSA) is 44.1 Å². The second kappa shape index (κ2) is 8.71. The number of thioether (sulfide) groups is 1. The quantitative estimate of drug-likeness (QED) is 0.185. The van der Waals surface area contributed by atoms with Gasteiger partial charge in [-0.05, 0) is 59.5 Å². The molecule has 1 aromatic heterocycles. The Kier molecular flexibility index (Phi) is 5.60. The fourth-order valence-corrected chi connectivity index (χ4v) is 4.71. The SMILES string of the molecule is COc1ccc(Cc2cc3c(=O)n(-c4ccccc4F)c(SC)nc3c3ccccc23)cc1. The van der Waals surface area contributed by atoms with Crippen LogP contribution in [0.4, 0.5) is 4.39 Å². The van der Waals surface area contributed by atoms with Crippen LogP contribution in [0, 0.1) is 5.82 Å². The van der Waals surface area contributed by atoms with Crippen molar-refractivity contribution in [3.05, 3.63) is 106 Å². The molecule has 0 spiro atoms. The molecule has 0 atom stereocenters. The van der Waals surface area contributed by atoms with Gasteiger partial charge in [-0.2, -0.15) is 0 Å². The zero-order valence-electron chi connectivity index (χ0n) is 18.2. The van der Waals surface area contributed by atoms with Gasteiger partial charge in [0, 0.05) is 5.39 Å². The molecule has 4 nitrogen and oxygen atoms in total. The van der Waals surface area contributed by atoms with Gasteiger partial charge in [0.15, 0.2) is 5.16 Å². The van der Waals surface area contributed by atoms with Gasteiger partial charge < -0.3 is 4.74 Å². The maximum Gasteiger partial charge on any atom is 0.266 e. The van der Waals surface area contributed by atoms with Crippen molar-refractivity contribution in [2.75, 3.05) is 13.4 Å². The summed E-state index contributed by atoms with van der Waals surface area (Å²) in [6.45, 7) is 0. The molecule has 0 aliphatic rings. The fraction of sp³-hybridized carbons (Fsp3) is 0.111. The minimum Gasteiger partial charge on any atom is -0.497 e. The number of aromatic nitrogens is 2. The van der Waals surface area contributed by atoms with Gasteiger partial charge in [-0.15, -0.1) is 0 Å². The lowest BCUT2D eigenvalue weighted by Gasteiger charge is -2.15. The Morgan fingerprint density at radius 3 is 2.33 bits per heavy atom. The molecule has 0 amide bonds. The summed E-state index contributed by atoms with van der Waals surface area (Å²) >= 11 is 1.32. The second-order valence-corrected chi connectivity index (χ2v) is 8.47. The number of nitrogens with zero attached hydrogens (tertiary/aromatic N) is 2. The molecule has 5 rings (SSSR count). The highest BCUT2D eigenvalue weighted by atomic mass is 32.2. The van der Waals surface area contributed by atoms with E-state index in [1.54, 1.807) is 25.3 Å². The first-order chi connectivity index (χ1) is 16.1. The molecular formula is C27H21FN2O2S. The summed E-state index contributed by atoms with van der Waals surface area (Å²) < 4.78 is 21.3. The first kappa shape index (κ1) is 21.2. The molecule has 0 saturated carbocycles. The van der Waals surface area contributed by atoms with E-state index in [-0.39, 0.29) is 11.2 Å². The van der Waals surface area contributed by atoms with E-state index in [2.05, 4.69) is 6.07 Å². The van der Waals surface area contributed by atoms with Crippen molar-refractivity contribution in [2.45, 2.75) is 11.6 Å². The molecule has 164 valence electrons.